The van der Waals surface area contributed by atoms with Gasteiger partial charge in [0.25, 0.3) is 11.8 Å². The Morgan fingerprint density at radius 3 is 2.67 bits per heavy atom. The summed E-state index contributed by atoms with van der Waals surface area (Å²) >= 11 is 1.25. The average Bonchev–Trinajstić information content (AvgIpc) is 3.26. The quantitative estimate of drug-likeness (QED) is 0.517. The van der Waals surface area contributed by atoms with Gasteiger partial charge in [-0.2, -0.15) is 4.98 Å². The second kappa shape index (κ2) is 9.92. The first-order valence-electron chi connectivity index (χ1n) is 10.2. The van der Waals surface area contributed by atoms with E-state index < -0.39 is 17.8 Å². The fourth-order valence-electron chi connectivity index (χ4n) is 2.95. The molecule has 1 aliphatic heterocycles. The van der Waals surface area contributed by atoms with Gasteiger partial charge < -0.3 is 19.5 Å². The predicted octanol–water partition coefficient (Wildman–Crippen LogP) is 3.33. The number of benzene rings is 1. The zero-order valence-corrected chi connectivity index (χ0v) is 18.5. The SMILES string of the molecule is C[C@H](CO)Oc1cc(C(=O)Nc2nccs2)cc(Oc2ccc(C(=O)N3CCC3)cc2F)n1. The monoisotopic (exact) mass is 472 g/mol. The van der Waals surface area contributed by atoms with Gasteiger partial charge in [0, 0.05) is 42.4 Å². The number of amides is 2. The average molecular weight is 472 g/mol. The Balaban J connectivity index is 1.58. The molecule has 2 aromatic heterocycles. The molecule has 1 atom stereocenters. The Morgan fingerprint density at radius 2 is 2.03 bits per heavy atom. The van der Waals surface area contributed by atoms with E-state index in [0.717, 1.165) is 12.5 Å². The Bertz CT molecular complexity index is 1150. The number of likely N-dealkylation sites (tertiary alicyclic amines) is 1. The number of aromatic nitrogens is 2. The van der Waals surface area contributed by atoms with Crippen LogP contribution in [0.3, 0.4) is 0 Å². The Labute approximate surface area is 192 Å². The molecule has 0 radical (unpaired) electrons. The van der Waals surface area contributed by atoms with Crippen molar-refractivity contribution in [1.29, 1.82) is 0 Å². The van der Waals surface area contributed by atoms with Crippen LogP contribution >= 0.6 is 11.3 Å². The standard InChI is InChI=1S/C22H21FN4O5S/c1-13(12-28)31-18-10-15(20(29)26-22-24-5-8-33-22)11-19(25-18)32-17-4-3-14(9-16(17)23)21(30)27-6-2-7-27/h3-5,8-11,13,28H,2,6-7,12H2,1H3,(H,24,26,29)/t13-/m1/s1. The van der Waals surface area contributed by atoms with Crippen LogP contribution < -0.4 is 14.8 Å². The van der Waals surface area contributed by atoms with Crippen LogP contribution in [0, 0.1) is 5.82 Å². The fraction of sp³-hybridized carbons (Fsp3) is 0.273. The summed E-state index contributed by atoms with van der Waals surface area (Å²) in [5.74, 6) is -1.71. The van der Waals surface area contributed by atoms with Gasteiger partial charge in [-0.25, -0.2) is 9.37 Å². The summed E-state index contributed by atoms with van der Waals surface area (Å²) in [5.41, 5.74) is 0.366. The van der Waals surface area contributed by atoms with Gasteiger partial charge in [-0.05, 0) is 31.5 Å². The van der Waals surface area contributed by atoms with E-state index in [9.17, 15) is 19.1 Å². The Hall–Kier alpha value is -3.57. The first-order valence-corrected chi connectivity index (χ1v) is 11.1. The van der Waals surface area contributed by atoms with Gasteiger partial charge in [-0.1, -0.05) is 0 Å². The summed E-state index contributed by atoms with van der Waals surface area (Å²) in [7, 11) is 0. The highest BCUT2D eigenvalue weighted by Gasteiger charge is 2.23. The van der Waals surface area contributed by atoms with Crippen LogP contribution in [0.2, 0.25) is 0 Å². The van der Waals surface area contributed by atoms with Gasteiger partial charge in [0.1, 0.15) is 6.10 Å². The summed E-state index contributed by atoms with van der Waals surface area (Å²) in [4.78, 5) is 34.7. The van der Waals surface area contributed by atoms with Crippen LogP contribution in [0.4, 0.5) is 9.52 Å². The van der Waals surface area contributed by atoms with Crippen LogP contribution in [0.25, 0.3) is 0 Å². The molecule has 172 valence electrons. The number of carbonyl (C=O) groups excluding carboxylic acids is 2. The fourth-order valence-corrected chi connectivity index (χ4v) is 3.48. The van der Waals surface area contributed by atoms with Crippen LogP contribution in [0.1, 0.15) is 34.1 Å². The second-order valence-corrected chi connectivity index (χ2v) is 8.22. The zero-order chi connectivity index (χ0) is 23.4. The molecule has 1 saturated heterocycles. The molecule has 2 amide bonds. The maximum Gasteiger partial charge on any atom is 0.257 e. The number of thiazole rings is 1. The highest BCUT2D eigenvalue weighted by atomic mass is 32.1. The number of ether oxygens (including phenoxy) is 2. The summed E-state index contributed by atoms with van der Waals surface area (Å²) in [6.07, 6.45) is 1.90. The van der Waals surface area contributed by atoms with E-state index in [1.54, 1.807) is 23.4 Å². The highest BCUT2D eigenvalue weighted by molar-refractivity contribution is 7.13. The molecule has 3 aromatic rings. The van der Waals surface area contributed by atoms with Gasteiger partial charge >= 0.3 is 0 Å². The normalized spacial score (nSPS) is 13.7. The minimum absolute atomic E-state index is 0.0170. The number of halogens is 1. The van der Waals surface area contributed by atoms with Gasteiger partial charge in [-0.15, -0.1) is 11.3 Å². The van der Waals surface area contributed by atoms with E-state index >= 15 is 0 Å². The molecule has 1 aliphatic rings. The van der Waals surface area contributed by atoms with Crippen molar-refractivity contribution in [2.24, 2.45) is 0 Å². The topological polar surface area (TPSA) is 114 Å². The molecule has 0 saturated carbocycles. The van der Waals surface area contributed by atoms with Crippen LogP contribution in [0.5, 0.6) is 17.5 Å². The van der Waals surface area contributed by atoms with Gasteiger partial charge in [0.15, 0.2) is 16.7 Å². The van der Waals surface area contributed by atoms with Gasteiger partial charge in [0.05, 0.1) is 12.2 Å². The summed E-state index contributed by atoms with van der Waals surface area (Å²) < 4.78 is 25.8. The summed E-state index contributed by atoms with van der Waals surface area (Å²) in [6, 6.07) is 6.64. The molecule has 1 fully saturated rings. The minimum Gasteiger partial charge on any atom is -0.472 e. The molecule has 1 aromatic carbocycles. The van der Waals surface area contributed by atoms with E-state index in [1.807, 2.05) is 0 Å². The third kappa shape index (κ3) is 5.44. The number of aliphatic hydroxyl groups is 1. The first-order chi connectivity index (χ1) is 15.9. The highest BCUT2D eigenvalue weighted by Crippen LogP contribution is 2.28. The number of anilines is 1. The van der Waals surface area contributed by atoms with Crippen molar-refractivity contribution in [1.82, 2.24) is 14.9 Å². The lowest BCUT2D eigenvalue weighted by Crippen LogP contribution is -2.42. The van der Waals surface area contributed by atoms with E-state index in [-0.39, 0.29) is 41.2 Å². The van der Waals surface area contributed by atoms with Crippen molar-refractivity contribution in [3.05, 3.63) is 58.9 Å². The third-order valence-corrected chi connectivity index (χ3v) is 5.50. The van der Waals surface area contributed by atoms with Crippen molar-refractivity contribution in [2.75, 3.05) is 25.0 Å². The third-order valence-electron chi connectivity index (χ3n) is 4.81. The molecule has 11 heteroatoms. The van der Waals surface area contributed by atoms with E-state index in [0.29, 0.717) is 18.2 Å². The number of hydrogen-bond donors (Lipinski definition) is 2. The summed E-state index contributed by atoms with van der Waals surface area (Å²) in [6.45, 7) is 2.67. The lowest BCUT2D eigenvalue weighted by Gasteiger charge is -2.30. The second-order valence-electron chi connectivity index (χ2n) is 7.33. The maximum atomic E-state index is 14.7. The zero-order valence-electron chi connectivity index (χ0n) is 17.7. The summed E-state index contributed by atoms with van der Waals surface area (Å²) in [5, 5.41) is 14.0. The number of pyridine rings is 1. The molecule has 2 N–H and O–H groups in total. The Kier molecular flexibility index (Phi) is 6.80. The number of rotatable bonds is 8. The molecule has 0 spiro atoms. The number of nitrogens with zero attached hydrogens (tertiary/aromatic N) is 3. The van der Waals surface area contributed by atoms with Crippen molar-refractivity contribution >= 4 is 28.3 Å². The minimum atomic E-state index is -0.744. The Morgan fingerprint density at radius 1 is 1.24 bits per heavy atom. The molecule has 9 nitrogen and oxygen atoms in total. The maximum absolute atomic E-state index is 14.7. The predicted molar refractivity (Wildman–Crippen MR) is 118 cm³/mol. The van der Waals surface area contributed by atoms with Crippen LogP contribution in [0.15, 0.2) is 41.9 Å². The van der Waals surface area contributed by atoms with Crippen molar-refractivity contribution < 1.29 is 28.6 Å². The van der Waals surface area contributed by atoms with E-state index in [2.05, 4.69) is 15.3 Å². The van der Waals surface area contributed by atoms with E-state index in [1.165, 1.54) is 35.6 Å². The lowest BCUT2D eigenvalue weighted by atomic mass is 10.1. The van der Waals surface area contributed by atoms with Crippen molar-refractivity contribution in [2.45, 2.75) is 19.4 Å². The molecule has 3 heterocycles. The molecule has 0 aliphatic carbocycles. The first kappa shape index (κ1) is 22.6. The lowest BCUT2D eigenvalue weighted by molar-refractivity contribution is 0.0651. The van der Waals surface area contributed by atoms with Crippen molar-refractivity contribution in [3.63, 3.8) is 0 Å². The molecule has 4 rings (SSSR count). The molecule has 0 unspecified atom stereocenters. The molecule has 33 heavy (non-hydrogen) atoms. The van der Waals surface area contributed by atoms with Gasteiger partial charge in [0.2, 0.25) is 11.8 Å². The largest absolute Gasteiger partial charge is 0.472 e. The molecular formula is C22H21FN4O5S. The van der Waals surface area contributed by atoms with Crippen molar-refractivity contribution in [3.8, 4) is 17.5 Å². The van der Waals surface area contributed by atoms with E-state index in [4.69, 9.17) is 9.47 Å². The smallest absolute Gasteiger partial charge is 0.257 e. The number of nitrogens with one attached hydrogen (secondary N) is 1. The van der Waals surface area contributed by atoms with Crippen LogP contribution in [-0.4, -0.2) is 57.6 Å². The number of aliphatic hydroxyl groups excluding tert-OH is 1. The molecule has 0 bridgehead atoms. The van der Waals surface area contributed by atoms with Crippen LogP contribution in [-0.2, 0) is 0 Å². The number of hydrogen-bond acceptors (Lipinski definition) is 8. The van der Waals surface area contributed by atoms with Gasteiger partial charge in [-0.3, -0.25) is 14.9 Å². The molecular weight excluding hydrogens is 451 g/mol. The number of carbonyl (C=O) groups is 2.